The Bertz CT molecular complexity index is 1040. The predicted octanol–water partition coefficient (Wildman–Crippen LogP) is 5.44. The van der Waals surface area contributed by atoms with Gasteiger partial charge in [-0.3, -0.25) is 0 Å². The smallest absolute Gasteiger partial charge is 0.166 e. The molecule has 1 aromatic heterocycles. The third-order valence-corrected chi connectivity index (χ3v) is 5.45. The zero-order valence-electron chi connectivity index (χ0n) is 15.7. The molecular formula is C22H20ClF2N3O. The van der Waals surface area contributed by atoms with Gasteiger partial charge in [-0.05, 0) is 48.7 Å². The summed E-state index contributed by atoms with van der Waals surface area (Å²) in [7, 11) is 0. The molecule has 4 nitrogen and oxygen atoms in total. The number of halogens is 3. The number of nitrogens with two attached hydrogens (primary N) is 1. The van der Waals surface area contributed by atoms with Crippen molar-refractivity contribution in [2.45, 2.75) is 19.4 Å². The van der Waals surface area contributed by atoms with Crippen LogP contribution in [0.15, 0.2) is 48.7 Å². The van der Waals surface area contributed by atoms with Gasteiger partial charge < -0.3 is 15.4 Å². The normalized spacial score (nSPS) is 13.7. The van der Waals surface area contributed by atoms with E-state index in [1.54, 1.807) is 12.3 Å². The Morgan fingerprint density at radius 2 is 1.79 bits per heavy atom. The highest BCUT2D eigenvalue weighted by molar-refractivity contribution is 6.31. The second-order valence-electron chi connectivity index (χ2n) is 6.96. The topological polar surface area (TPSA) is 51.4 Å². The van der Waals surface area contributed by atoms with E-state index in [-0.39, 0.29) is 28.8 Å². The number of ether oxygens (including phenoxy) is 1. The molecule has 2 heterocycles. The van der Waals surface area contributed by atoms with Crippen molar-refractivity contribution in [3.8, 4) is 16.9 Å². The Labute approximate surface area is 172 Å². The van der Waals surface area contributed by atoms with Crippen molar-refractivity contribution in [1.29, 1.82) is 0 Å². The van der Waals surface area contributed by atoms with Gasteiger partial charge in [-0.15, -0.1) is 0 Å². The van der Waals surface area contributed by atoms with E-state index in [4.69, 9.17) is 22.1 Å². The zero-order chi connectivity index (χ0) is 20.4. The molecule has 0 radical (unpaired) electrons. The number of pyridine rings is 1. The minimum absolute atomic E-state index is 0.0625. The minimum atomic E-state index is -0.703. The molecule has 150 valence electrons. The number of aromatic nitrogens is 1. The summed E-state index contributed by atoms with van der Waals surface area (Å²) in [4.78, 5) is 6.54. The molecule has 0 unspecified atom stereocenters. The minimum Gasteiger partial charge on any atom is -0.485 e. The first-order valence-corrected chi connectivity index (χ1v) is 9.77. The Morgan fingerprint density at radius 3 is 2.59 bits per heavy atom. The van der Waals surface area contributed by atoms with Crippen LogP contribution in [0.25, 0.3) is 11.1 Å². The lowest BCUT2D eigenvalue weighted by Gasteiger charge is -2.18. The van der Waals surface area contributed by atoms with Crippen LogP contribution in [0.5, 0.6) is 5.75 Å². The van der Waals surface area contributed by atoms with E-state index >= 15 is 0 Å². The average Bonchev–Trinajstić information content (AvgIpc) is 3.27. The monoisotopic (exact) mass is 415 g/mol. The number of rotatable bonds is 5. The molecule has 4 rings (SSSR count). The highest BCUT2D eigenvalue weighted by Gasteiger charge is 2.15. The predicted molar refractivity (Wildman–Crippen MR) is 111 cm³/mol. The van der Waals surface area contributed by atoms with E-state index in [1.165, 1.54) is 12.8 Å². The molecule has 1 fully saturated rings. The van der Waals surface area contributed by atoms with Crippen molar-refractivity contribution in [2.24, 2.45) is 0 Å². The Kier molecular flexibility index (Phi) is 5.53. The fourth-order valence-electron chi connectivity index (χ4n) is 3.44. The van der Waals surface area contributed by atoms with Crippen molar-refractivity contribution >= 4 is 23.1 Å². The summed E-state index contributed by atoms with van der Waals surface area (Å²) >= 11 is 5.86. The number of nitrogen functional groups attached to an aromatic ring is 1. The molecule has 1 aliphatic rings. The van der Waals surface area contributed by atoms with Crippen molar-refractivity contribution in [3.05, 3.63) is 70.9 Å². The highest BCUT2D eigenvalue weighted by atomic mass is 35.5. The van der Waals surface area contributed by atoms with Crippen LogP contribution < -0.4 is 15.4 Å². The number of hydrogen-bond donors (Lipinski definition) is 1. The molecular weight excluding hydrogens is 396 g/mol. The van der Waals surface area contributed by atoms with Crippen molar-refractivity contribution < 1.29 is 13.5 Å². The van der Waals surface area contributed by atoms with E-state index in [0.717, 1.165) is 42.0 Å². The average molecular weight is 416 g/mol. The molecule has 1 aliphatic heterocycles. The Morgan fingerprint density at radius 1 is 1.03 bits per heavy atom. The molecule has 0 bridgehead atoms. The van der Waals surface area contributed by atoms with Crippen LogP contribution >= 0.6 is 11.6 Å². The molecule has 0 atom stereocenters. The third kappa shape index (κ3) is 4.12. The van der Waals surface area contributed by atoms with Crippen molar-refractivity contribution in [2.75, 3.05) is 23.7 Å². The molecule has 2 N–H and O–H groups in total. The molecule has 3 aromatic rings. The van der Waals surface area contributed by atoms with Gasteiger partial charge in [0.1, 0.15) is 18.2 Å². The number of hydrogen-bond acceptors (Lipinski definition) is 4. The van der Waals surface area contributed by atoms with E-state index in [9.17, 15) is 8.78 Å². The highest BCUT2D eigenvalue weighted by Crippen LogP contribution is 2.32. The van der Waals surface area contributed by atoms with Crippen LogP contribution in [0.1, 0.15) is 18.4 Å². The molecule has 2 aromatic carbocycles. The number of benzene rings is 2. The van der Waals surface area contributed by atoms with Gasteiger partial charge in [0, 0.05) is 36.1 Å². The van der Waals surface area contributed by atoms with Gasteiger partial charge in [0.05, 0.1) is 5.02 Å². The molecule has 7 heteroatoms. The van der Waals surface area contributed by atoms with Crippen LogP contribution in [0.2, 0.25) is 5.02 Å². The SMILES string of the molecule is Nc1ncc(-c2cccc(N3CCCC3)c2)cc1OCc1c(F)ccc(F)c1Cl. The van der Waals surface area contributed by atoms with Gasteiger partial charge in [-0.2, -0.15) is 0 Å². The van der Waals surface area contributed by atoms with E-state index in [1.807, 2.05) is 12.1 Å². The number of anilines is 2. The van der Waals surface area contributed by atoms with Crippen LogP contribution in [0, 0.1) is 11.6 Å². The summed E-state index contributed by atoms with van der Waals surface area (Å²) < 4.78 is 33.3. The van der Waals surface area contributed by atoms with Gasteiger partial charge in [0.15, 0.2) is 11.6 Å². The fraction of sp³-hybridized carbons (Fsp3) is 0.227. The first kappa shape index (κ1) is 19.5. The lowest BCUT2D eigenvalue weighted by atomic mass is 10.1. The fourth-order valence-corrected chi connectivity index (χ4v) is 3.65. The van der Waals surface area contributed by atoms with Gasteiger partial charge in [-0.1, -0.05) is 23.7 Å². The maximum Gasteiger partial charge on any atom is 0.166 e. The van der Waals surface area contributed by atoms with Crippen molar-refractivity contribution in [1.82, 2.24) is 4.98 Å². The quantitative estimate of drug-likeness (QED) is 0.563. The summed E-state index contributed by atoms with van der Waals surface area (Å²) in [5.74, 6) is -0.895. The first-order valence-electron chi connectivity index (χ1n) is 9.39. The molecule has 0 amide bonds. The summed E-state index contributed by atoms with van der Waals surface area (Å²) in [6.07, 6.45) is 4.07. The third-order valence-electron chi connectivity index (χ3n) is 5.04. The van der Waals surface area contributed by atoms with E-state index in [0.29, 0.717) is 0 Å². The van der Waals surface area contributed by atoms with Crippen molar-refractivity contribution in [3.63, 3.8) is 0 Å². The van der Waals surface area contributed by atoms with Crippen LogP contribution in [0.3, 0.4) is 0 Å². The number of nitrogens with zero attached hydrogens (tertiary/aromatic N) is 2. The van der Waals surface area contributed by atoms with Gasteiger partial charge in [-0.25, -0.2) is 13.8 Å². The Balaban J connectivity index is 1.59. The lowest BCUT2D eigenvalue weighted by molar-refractivity contribution is 0.300. The second-order valence-corrected chi connectivity index (χ2v) is 7.34. The lowest BCUT2D eigenvalue weighted by Crippen LogP contribution is -2.17. The molecule has 29 heavy (non-hydrogen) atoms. The van der Waals surface area contributed by atoms with Crippen LogP contribution in [-0.2, 0) is 6.61 Å². The standard InChI is InChI=1S/C22H20ClF2N3O/c23-21-17(18(24)6-7-19(21)25)13-29-20-11-15(12-27-22(20)26)14-4-3-5-16(10-14)28-8-1-2-9-28/h3-7,10-12H,1-2,8-9,13H2,(H2,26,27). The maximum atomic E-state index is 14.0. The maximum absolute atomic E-state index is 14.0. The molecule has 0 saturated carbocycles. The van der Waals surface area contributed by atoms with Gasteiger partial charge in [0.25, 0.3) is 0 Å². The second kappa shape index (κ2) is 8.25. The summed E-state index contributed by atoms with van der Waals surface area (Å²) in [5, 5.41) is -0.300. The van der Waals surface area contributed by atoms with Crippen LogP contribution in [-0.4, -0.2) is 18.1 Å². The molecule has 0 aliphatic carbocycles. The largest absolute Gasteiger partial charge is 0.485 e. The molecule has 0 spiro atoms. The summed E-state index contributed by atoms with van der Waals surface area (Å²) in [5.41, 5.74) is 8.81. The summed E-state index contributed by atoms with van der Waals surface area (Å²) in [6.45, 7) is 1.85. The summed E-state index contributed by atoms with van der Waals surface area (Å²) in [6, 6.07) is 11.9. The van der Waals surface area contributed by atoms with E-state index in [2.05, 4.69) is 22.0 Å². The van der Waals surface area contributed by atoms with Gasteiger partial charge in [0.2, 0.25) is 0 Å². The molecule has 1 saturated heterocycles. The zero-order valence-corrected chi connectivity index (χ0v) is 16.4. The van der Waals surface area contributed by atoms with Crippen LogP contribution in [0.4, 0.5) is 20.3 Å². The van der Waals surface area contributed by atoms with E-state index < -0.39 is 11.6 Å². The Hall–Kier alpha value is -2.86. The first-order chi connectivity index (χ1) is 14.0. The van der Waals surface area contributed by atoms with Gasteiger partial charge >= 0.3 is 0 Å².